The van der Waals surface area contributed by atoms with Gasteiger partial charge >= 0.3 is 12.0 Å². The number of hydrogen-bond donors (Lipinski definition) is 3. The molecule has 29 heavy (non-hydrogen) atoms. The molecule has 3 heterocycles. The molecule has 1 amide bonds. The first kappa shape index (κ1) is 18.6. The third-order valence-electron chi connectivity index (χ3n) is 4.96. The molecule has 0 radical (unpaired) electrons. The number of anilines is 1. The number of H-pyrrole nitrogens is 1. The number of methoxy groups -OCH3 is 2. The van der Waals surface area contributed by atoms with E-state index in [1.807, 2.05) is 0 Å². The van der Waals surface area contributed by atoms with Crippen molar-refractivity contribution in [1.29, 1.82) is 0 Å². The van der Waals surface area contributed by atoms with E-state index in [0.717, 1.165) is 4.68 Å². The lowest BCUT2D eigenvalue weighted by atomic mass is 10.2. The number of nitrogens with two attached hydrogens (primary N) is 1. The minimum absolute atomic E-state index is 0.327. The Morgan fingerprint density at radius 3 is 2.62 bits per heavy atom. The van der Waals surface area contributed by atoms with Gasteiger partial charge in [-0.25, -0.2) is 14.6 Å². The molecule has 3 aromatic rings. The maximum atomic E-state index is 11.9. The number of benzene rings is 1. The summed E-state index contributed by atoms with van der Waals surface area (Å²) in [6.45, 7) is 0.490. The lowest BCUT2D eigenvalue weighted by molar-refractivity contribution is -0.138. The standard InChI is InChI=1S/C18H20N6O5/c1-28-13-6-9-10(7-14(13)29-2)21-16(20-9)11-8-15(24(22-11)18(19)27)23-5-3-4-12(23)17(25)26/h6-8,12H,3-5H2,1-2H3,(H2,19,27)(H,20,21)(H,25,26). The molecule has 1 atom stereocenters. The van der Waals surface area contributed by atoms with Crippen molar-refractivity contribution in [3.8, 4) is 23.0 Å². The van der Waals surface area contributed by atoms with E-state index in [-0.39, 0.29) is 0 Å². The number of nitrogens with zero attached hydrogens (tertiary/aromatic N) is 4. The summed E-state index contributed by atoms with van der Waals surface area (Å²) < 4.78 is 11.6. The van der Waals surface area contributed by atoms with Crippen LogP contribution in [0, 0.1) is 0 Å². The molecule has 11 heteroatoms. The van der Waals surface area contributed by atoms with Crippen molar-refractivity contribution in [2.45, 2.75) is 18.9 Å². The second-order valence-corrected chi connectivity index (χ2v) is 6.64. The van der Waals surface area contributed by atoms with Crippen LogP contribution in [0.1, 0.15) is 12.8 Å². The third kappa shape index (κ3) is 3.10. The Labute approximate surface area is 165 Å². The van der Waals surface area contributed by atoms with Gasteiger partial charge in [-0.05, 0) is 12.8 Å². The molecule has 0 aliphatic carbocycles. The maximum Gasteiger partial charge on any atom is 0.341 e. The number of imidazole rings is 1. The van der Waals surface area contributed by atoms with Crippen LogP contribution in [0.25, 0.3) is 22.6 Å². The second kappa shape index (κ2) is 7.00. The highest BCUT2D eigenvalue weighted by atomic mass is 16.5. The molecule has 4 rings (SSSR count). The number of aliphatic carboxylic acids is 1. The van der Waals surface area contributed by atoms with E-state index in [4.69, 9.17) is 15.2 Å². The van der Waals surface area contributed by atoms with Crippen LogP contribution in [-0.2, 0) is 4.79 Å². The van der Waals surface area contributed by atoms with Gasteiger partial charge in [0.05, 0.1) is 25.3 Å². The molecular formula is C18H20N6O5. The van der Waals surface area contributed by atoms with Gasteiger partial charge in [-0.2, -0.15) is 9.78 Å². The largest absolute Gasteiger partial charge is 0.493 e. The number of hydrogen-bond acceptors (Lipinski definition) is 7. The van der Waals surface area contributed by atoms with Gasteiger partial charge < -0.3 is 30.2 Å². The highest BCUT2D eigenvalue weighted by Gasteiger charge is 2.34. The number of rotatable bonds is 5. The summed E-state index contributed by atoms with van der Waals surface area (Å²) in [6.07, 6.45) is 1.18. The van der Waals surface area contributed by atoms with E-state index in [1.165, 1.54) is 14.2 Å². The van der Waals surface area contributed by atoms with Crippen LogP contribution in [0.15, 0.2) is 18.2 Å². The fourth-order valence-corrected chi connectivity index (χ4v) is 3.61. The van der Waals surface area contributed by atoms with Crippen molar-refractivity contribution in [3.05, 3.63) is 18.2 Å². The Bertz CT molecular complexity index is 1060. The quantitative estimate of drug-likeness (QED) is 0.582. The van der Waals surface area contributed by atoms with Gasteiger partial charge in [-0.3, -0.25) is 0 Å². The fraction of sp³-hybridized carbons (Fsp3) is 0.333. The Balaban J connectivity index is 1.79. The third-order valence-corrected chi connectivity index (χ3v) is 4.96. The summed E-state index contributed by atoms with van der Waals surface area (Å²) in [7, 11) is 3.07. The molecule has 1 aliphatic rings. The van der Waals surface area contributed by atoms with E-state index >= 15 is 0 Å². The first-order valence-electron chi connectivity index (χ1n) is 8.94. The number of carbonyl (C=O) groups excluding carboxylic acids is 1. The van der Waals surface area contributed by atoms with Crippen molar-refractivity contribution in [1.82, 2.24) is 19.7 Å². The number of carboxylic acid groups (broad SMARTS) is 1. The predicted octanol–water partition coefficient (Wildman–Crippen LogP) is 1.42. The molecule has 11 nitrogen and oxygen atoms in total. The molecule has 1 aromatic carbocycles. The van der Waals surface area contributed by atoms with Crippen LogP contribution >= 0.6 is 0 Å². The first-order valence-corrected chi connectivity index (χ1v) is 8.94. The zero-order chi connectivity index (χ0) is 20.7. The molecular weight excluding hydrogens is 380 g/mol. The van der Waals surface area contributed by atoms with Crippen molar-refractivity contribution in [2.75, 3.05) is 25.7 Å². The van der Waals surface area contributed by atoms with Crippen molar-refractivity contribution >= 4 is 28.9 Å². The summed E-state index contributed by atoms with van der Waals surface area (Å²) in [5, 5.41) is 13.7. The van der Waals surface area contributed by atoms with Crippen LogP contribution in [0.4, 0.5) is 10.6 Å². The average molecular weight is 400 g/mol. The molecule has 2 aromatic heterocycles. The molecule has 1 saturated heterocycles. The SMILES string of the molecule is COc1cc2nc(-c3cc(N4CCCC4C(=O)O)n(C(N)=O)n3)[nH]c2cc1OC. The summed E-state index contributed by atoms with van der Waals surface area (Å²) in [4.78, 5) is 32.7. The highest BCUT2D eigenvalue weighted by molar-refractivity contribution is 5.85. The van der Waals surface area contributed by atoms with Crippen LogP contribution in [-0.4, -0.2) is 63.7 Å². The van der Waals surface area contributed by atoms with E-state index in [2.05, 4.69) is 15.1 Å². The highest BCUT2D eigenvalue weighted by Crippen LogP contribution is 2.34. The van der Waals surface area contributed by atoms with Gasteiger partial charge in [0.2, 0.25) is 0 Å². The van der Waals surface area contributed by atoms with Crippen LogP contribution in [0.5, 0.6) is 11.5 Å². The number of nitrogens with one attached hydrogen (secondary N) is 1. The number of primary amides is 1. The number of aromatic nitrogens is 4. The Morgan fingerprint density at radius 1 is 1.24 bits per heavy atom. The van der Waals surface area contributed by atoms with Crippen molar-refractivity contribution in [3.63, 3.8) is 0 Å². The Kier molecular flexibility index (Phi) is 4.49. The average Bonchev–Trinajstić information content (AvgIpc) is 3.42. The second-order valence-electron chi connectivity index (χ2n) is 6.64. The van der Waals surface area contributed by atoms with Gasteiger partial charge in [0, 0.05) is 24.7 Å². The normalized spacial score (nSPS) is 16.3. The first-order chi connectivity index (χ1) is 13.9. The number of aromatic amines is 1. The van der Waals surface area contributed by atoms with Gasteiger partial charge in [0.25, 0.3) is 0 Å². The minimum atomic E-state index is -0.954. The lowest BCUT2D eigenvalue weighted by Crippen LogP contribution is -2.38. The van der Waals surface area contributed by atoms with Gasteiger partial charge in [-0.15, -0.1) is 0 Å². The molecule has 4 N–H and O–H groups in total. The molecule has 1 unspecified atom stereocenters. The van der Waals surface area contributed by atoms with Gasteiger partial charge in [-0.1, -0.05) is 0 Å². The number of fused-ring (bicyclic) bond motifs is 1. The van der Waals surface area contributed by atoms with Crippen LogP contribution in [0.2, 0.25) is 0 Å². The molecule has 0 saturated carbocycles. The number of carboxylic acids is 1. The number of ether oxygens (including phenoxy) is 2. The van der Waals surface area contributed by atoms with Gasteiger partial charge in [0.1, 0.15) is 17.6 Å². The fourth-order valence-electron chi connectivity index (χ4n) is 3.61. The van der Waals surface area contributed by atoms with Gasteiger partial charge in [0.15, 0.2) is 17.3 Å². The predicted molar refractivity (Wildman–Crippen MR) is 103 cm³/mol. The maximum absolute atomic E-state index is 11.9. The molecule has 0 bridgehead atoms. The van der Waals surface area contributed by atoms with Crippen molar-refractivity contribution in [2.24, 2.45) is 5.73 Å². The molecule has 1 aliphatic heterocycles. The Morgan fingerprint density at radius 2 is 1.97 bits per heavy atom. The van der Waals surface area contributed by atoms with E-state index < -0.39 is 18.0 Å². The molecule has 0 spiro atoms. The summed E-state index contributed by atoms with van der Waals surface area (Å²) in [5.74, 6) is 0.850. The monoisotopic (exact) mass is 400 g/mol. The van der Waals surface area contributed by atoms with E-state index in [0.29, 0.717) is 59.3 Å². The zero-order valence-electron chi connectivity index (χ0n) is 15.9. The zero-order valence-corrected chi connectivity index (χ0v) is 15.9. The summed E-state index contributed by atoms with van der Waals surface area (Å²) in [6, 6.07) is 3.54. The van der Waals surface area contributed by atoms with Crippen molar-refractivity contribution < 1.29 is 24.2 Å². The number of amides is 1. The molecule has 152 valence electrons. The Hall–Kier alpha value is -3.76. The lowest BCUT2D eigenvalue weighted by Gasteiger charge is -2.22. The minimum Gasteiger partial charge on any atom is -0.493 e. The summed E-state index contributed by atoms with van der Waals surface area (Å²) >= 11 is 0. The van der Waals surface area contributed by atoms with E-state index in [9.17, 15) is 14.7 Å². The number of carbonyl (C=O) groups is 2. The smallest absolute Gasteiger partial charge is 0.341 e. The van der Waals surface area contributed by atoms with Crippen LogP contribution in [0.3, 0.4) is 0 Å². The molecule has 1 fully saturated rings. The van der Waals surface area contributed by atoms with E-state index in [1.54, 1.807) is 23.1 Å². The topological polar surface area (TPSA) is 149 Å². The summed E-state index contributed by atoms with van der Waals surface area (Å²) in [5.41, 5.74) is 7.15. The van der Waals surface area contributed by atoms with Crippen LogP contribution < -0.4 is 20.1 Å².